The number of amides is 1. The summed E-state index contributed by atoms with van der Waals surface area (Å²) in [4.78, 5) is 47.2. The van der Waals surface area contributed by atoms with Gasteiger partial charge in [-0.15, -0.1) is 0 Å². The maximum atomic E-state index is 11.7. The average molecular weight is 771 g/mol. The van der Waals surface area contributed by atoms with E-state index in [2.05, 4.69) is 10.6 Å². The van der Waals surface area contributed by atoms with Gasteiger partial charge in [-0.2, -0.15) is 0 Å². The third kappa shape index (κ3) is 13.4. The lowest BCUT2D eigenvalue weighted by Gasteiger charge is -2.43. The zero-order chi connectivity index (χ0) is 38.8. The Bertz CT molecular complexity index is 1490. The van der Waals surface area contributed by atoms with Crippen molar-refractivity contribution in [2.45, 2.75) is 108 Å². The lowest BCUT2D eigenvalue weighted by Crippen LogP contribution is -2.64. The molecule has 2 aliphatic rings. The van der Waals surface area contributed by atoms with Gasteiger partial charge in [0.25, 0.3) is 0 Å². The minimum Gasteiger partial charge on any atom is -0.394 e. The van der Waals surface area contributed by atoms with E-state index in [4.69, 9.17) is 43.5 Å². The van der Waals surface area contributed by atoms with Crippen molar-refractivity contribution in [2.75, 3.05) is 26.3 Å². The van der Waals surface area contributed by atoms with Gasteiger partial charge in [-0.1, -0.05) is 91.0 Å². The highest BCUT2D eigenvalue weighted by Crippen LogP contribution is 2.31. The Morgan fingerprint density at radius 1 is 0.691 bits per heavy atom. The summed E-state index contributed by atoms with van der Waals surface area (Å²) in [5.41, 5.74) is 2.78. The third-order valence-electron chi connectivity index (χ3n) is 9.26. The normalized spacial score (nSPS) is 28.2. The molecule has 15 nitrogen and oxygen atoms in total. The van der Waals surface area contributed by atoms with E-state index >= 15 is 0 Å². The summed E-state index contributed by atoms with van der Waals surface area (Å²) in [5, 5.41) is 36.2. The monoisotopic (exact) mass is 770 g/mol. The minimum atomic E-state index is -1.38. The van der Waals surface area contributed by atoms with Crippen molar-refractivity contribution < 1.29 is 63.7 Å². The molecule has 0 radical (unpaired) electrons. The zero-order valence-corrected chi connectivity index (χ0v) is 31.2. The van der Waals surface area contributed by atoms with Crippen molar-refractivity contribution in [2.24, 2.45) is 0 Å². The first-order valence-corrected chi connectivity index (χ1v) is 18.7. The largest absolute Gasteiger partial charge is 0.394 e. The lowest BCUT2D eigenvalue weighted by molar-refractivity contribution is -0.465. The summed E-state index contributed by atoms with van der Waals surface area (Å²) < 4.78 is 17.9. The molecule has 2 saturated heterocycles. The highest BCUT2D eigenvalue weighted by atomic mass is 17.2. The van der Waals surface area contributed by atoms with Crippen molar-refractivity contribution >= 4 is 5.91 Å². The molecular weight excluding hydrogens is 716 g/mol. The summed E-state index contributed by atoms with van der Waals surface area (Å²) in [5.74, 6) is -0.422. The molecule has 55 heavy (non-hydrogen) atoms. The van der Waals surface area contributed by atoms with Gasteiger partial charge in [-0.3, -0.25) is 4.79 Å². The van der Waals surface area contributed by atoms with E-state index in [1.165, 1.54) is 6.92 Å². The summed E-state index contributed by atoms with van der Waals surface area (Å²) in [6.07, 6.45) is -6.98. The minimum absolute atomic E-state index is 0.161. The van der Waals surface area contributed by atoms with E-state index in [1.54, 1.807) is 0 Å². The molecule has 0 aromatic heterocycles. The first-order valence-electron chi connectivity index (χ1n) is 18.7. The van der Waals surface area contributed by atoms with Crippen LogP contribution in [-0.4, -0.2) is 109 Å². The van der Waals surface area contributed by atoms with Gasteiger partial charge in [0.15, 0.2) is 24.6 Å². The number of nitrogens with one attached hydrogen (secondary N) is 2. The second-order valence-corrected chi connectivity index (χ2v) is 13.5. The van der Waals surface area contributed by atoms with Gasteiger partial charge in [-0.25, -0.2) is 29.3 Å². The van der Waals surface area contributed by atoms with E-state index in [1.807, 2.05) is 97.9 Å². The standard InChI is InChI=1S/C40H54N2O13/c1-27-37(53-48-24-29-13-6-3-7-14-29)39(55-50-26-31-17-10-5-11-18-31)38(54-49-25-30-15-8-4-9-16-30)32(51-27)19-12-20-41-21-22-47-40-34(42-28(2)44)36(46)35(45)33(23-43)52-40/h3-11,13-18,27,32-41,43,45-46H,12,19-26H2,1-2H3,(H,42,44)/t27-,32-,33+,34+,35+,36+,37+,38+,39+,40+/m0/s1. The molecule has 5 rings (SSSR count). The molecule has 0 saturated carbocycles. The molecule has 2 fully saturated rings. The number of hydrogen-bond acceptors (Lipinski definition) is 14. The number of aliphatic hydroxyl groups is 3. The fourth-order valence-corrected chi connectivity index (χ4v) is 6.37. The van der Waals surface area contributed by atoms with Crippen LogP contribution in [0.25, 0.3) is 0 Å². The Balaban J connectivity index is 1.19. The van der Waals surface area contributed by atoms with Crippen LogP contribution in [0, 0.1) is 0 Å². The summed E-state index contributed by atoms with van der Waals surface area (Å²) in [6.45, 7) is 4.38. The SMILES string of the molecule is CC(=O)N[C@H]1[C@H](OCCNCCC[C@@H]2O[C@@H](C)[C@@H](OOCc3ccccc3)[C@@H](OOCc3ccccc3)[C@@H]2OOCc2ccccc2)O[C@H](CO)[C@@H](O)[C@@H]1O. The number of rotatable bonds is 22. The van der Waals surface area contributed by atoms with E-state index in [-0.39, 0.29) is 26.4 Å². The van der Waals surface area contributed by atoms with Crippen LogP contribution in [0.2, 0.25) is 0 Å². The molecule has 0 aliphatic carbocycles. The molecule has 1 amide bonds. The highest BCUT2D eigenvalue weighted by Gasteiger charge is 2.49. The Labute approximate surface area is 321 Å². The highest BCUT2D eigenvalue weighted by molar-refractivity contribution is 5.73. The van der Waals surface area contributed by atoms with Crippen molar-refractivity contribution in [3.8, 4) is 0 Å². The molecular formula is C40H54N2O13. The number of benzene rings is 3. The number of carbonyl (C=O) groups is 1. The molecule has 0 spiro atoms. The molecule has 302 valence electrons. The van der Waals surface area contributed by atoms with Gasteiger partial charge in [-0.05, 0) is 43.0 Å². The molecule has 2 aliphatic heterocycles. The summed E-state index contributed by atoms with van der Waals surface area (Å²) in [7, 11) is 0. The number of hydrogen-bond donors (Lipinski definition) is 5. The van der Waals surface area contributed by atoms with Crippen LogP contribution < -0.4 is 10.6 Å². The predicted octanol–water partition coefficient (Wildman–Crippen LogP) is 2.65. The van der Waals surface area contributed by atoms with E-state index in [0.717, 1.165) is 16.7 Å². The smallest absolute Gasteiger partial charge is 0.217 e. The fourth-order valence-electron chi connectivity index (χ4n) is 6.37. The fraction of sp³-hybridized carbons (Fsp3) is 0.525. The number of aliphatic hydroxyl groups excluding tert-OH is 3. The van der Waals surface area contributed by atoms with Crippen LogP contribution in [0.1, 0.15) is 43.4 Å². The first kappa shape index (κ1) is 42.7. The maximum absolute atomic E-state index is 11.7. The Hall–Kier alpha value is -3.39. The van der Waals surface area contributed by atoms with Crippen LogP contribution in [-0.2, 0) is 68.2 Å². The van der Waals surface area contributed by atoms with Crippen LogP contribution in [0.4, 0.5) is 0 Å². The Morgan fingerprint density at radius 2 is 1.22 bits per heavy atom. The zero-order valence-electron chi connectivity index (χ0n) is 31.2. The average Bonchev–Trinajstić information content (AvgIpc) is 3.20. The van der Waals surface area contributed by atoms with Crippen LogP contribution in [0.5, 0.6) is 0 Å². The molecule has 2 heterocycles. The van der Waals surface area contributed by atoms with Crippen LogP contribution >= 0.6 is 0 Å². The summed E-state index contributed by atoms with van der Waals surface area (Å²) in [6, 6.07) is 27.9. The van der Waals surface area contributed by atoms with E-state index in [0.29, 0.717) is 25.9 Å². The maximum Gasteiger partial charge on any atom is 0.217 e. The van der Waals surface area contributed by atoms with Gasteiger partial charge >= 0.3 is 0 Å². The molecule has 0 unspecified atom stereocenters. The number of ether oxygens (including phenoxy) is 3. The molecule has 5 N–H and O–H groups in total. The van der Waals surface area contributed by atoms with E-state index < -0.39 is 73.7 Å². The topological polar surface area (TPSA) is 185 Å². The second-order valence-electron chi connectivity index (χ2n) is 13.5. The lowest BCUT2D eigenvalue weighted by atomic mass is 9.93. The number of carbonyl (C=O) groups excluding carboxylic acids is 1. The van der Waals surface area contributed by atoms with Gasteiger partial charge < -0.3 is 40.2 Å². The Morgan fingerprint density at radius 3 is 1.75 bits per heavy atom. The van der Waals surface area contributed by atoms with Gasteiger partial charge in [0, 0.05) is 13.5 Å². The van der Waals surface area contributed by atoms with Crippen molar-refractivity contribution in [3.63, 3.8) is 0 Å². The Kier molecular flexibility index (Phi) is 17.9. The quantitative estimate of drug-likeness (QED) is 0.0571. The molecule has 0 bridgehead atoms. The van der Waals surface area contributed by atoms with Crippen molar-refractivity contribution in [1.82, 2.24) is 10.6 Å². The van der Waals surface area contributed by atoms with Gasteiger partial charge in [0.2, 0.25) is 5.91 Å². The van der Waals surface area contributed by atoms with Crippen LogP contribution in [0.3, 0.4) is 0 Å². The molecule has 3 aromatic carbocycles. The van der Waals surface area contributed by atoms with Crippen molar-refractivity contribution in [1.29, 1.82) is 0 Å². The van der Waals surface area contributed by atoms with Crippen LogP contribution in [0.15, 0.2) is 91.0 Å². The van der Waals surface area contributed by atoms with Gasteiger partial charge in [0.05, 0.1) is 25.4 Å². The molecule has 3 aromatic rings. The first-order chi connectivity index (χ1) is 26.8. The summed E-state index contributed by atoms with van der Waals surface area (Å²) >= 11 is 0. The molecule has 10 atom stereocenters. The third-order valence-corrected chi connectivity index (χ3v) is 9.26. The predicted molar refractivity (Wildman–Crippen MR) is 196 cm³/mol. The molecule has 15 heteroatoms. The second kappa shape index (κ2) is 23.0. The van der Waals surface area contributed by atoms with Crippen molar-refractivity contribution in [3.05, 3.63) is 108 Å². The van der Waals surface area contributed by atoms with E-state index in [9.17, 15) is 20.1 Å². The van der Waals surface area contributed by atoms with Gasteiger partial charge in [0.1, 0.15) is 44.2 Å².